The molecule has 0 saturated heterocycles. The zero-order valence-corrected chi connectivity index (χ0v) is 11.9. The maximum Gasteiger partial charge on any atom is 0.227 e. The van der Waals surface area contributed by atoms with Crippen molar-refractivity contribution in [2.75, 3.05) is 18.6 Å². The molecule has 0 spiro atoms. The van der Waals surface area contributed by atoms with E-state index in [1.165, 1.54) is 18.6 Å². The largest absolute Gasteiger partial charge is 0.356 e. The summed E-state index contributed by atoms with van der Waals surface area (Å²) in [6.45, 7) is 2.81. The SMILES string of the molecule is CSCCCCCNC(=O)C1(C)CCCC1N. The van der Waals surface area contributed by atoms with Gasteiger partial charge in [0.05, 0.1) is 5.41 Å². The number of thioether (sulfide) groups is 1. The third kappa shape index (κ3) is 4.18. The molecule has 0 radical (unpaired) electrons. The monoisotopic (exact) mass is 258 g/mol. The van der Waals surface area contributed by atoms with Crippen LogP contribution >= 0.6 is 11.8 Å². The van der Waals surface area contributed by atoms with Gasteiger partial charge >= 0.3 is 0 Å². The van der Waals surface area contributed by atoms with Gasteiger partial charge in [-0.05, 0) is 44.6 Å². The summed E-state index contributed by atoms with van der Waals surface area (Å²) in [6.07, 6.45) is 8.66. The van der Waals surface area contributed by atoms with Crippen LogP contribution in [-0.2, 0) is 4.79 Å². The summed E-state index contributed by atoms with van der Waals surface area (Å²) < 4.78 is 0. The first-order chi connectivity index (χ1) is 8.11. The van der Waals surface area contributed by atoms with Gasteiger partial charge in [0.1, 0.15) is 0 Å². The van der Waals surface area contributed by atoms with Crippen molar-refractivity contribution in [2.24, 2.45) is 11.1 Å². The fraction of sp³-hybridized carbons (Fsp3) is 0.923. The van der Waals surface area contributed by atoms with E-state index < -0.39 is 0 Å². The molecule has 0 bridgehead atoms. The van der Waals surface area contributed by atoms with Crippen molar-refractivity contribution in [3.63, 3.8) is 0 Å². The zero-order chi connectivity index (χ0) is 12.7. The minimum atomic E-state index is -0.320. The molecule has 3 N–H and O–H groups in total. The number of unbranched alkanes of at least 4 members (excludes halogenated alkanes) is 2. The van der Waals surface area contributed by atoms with Crippen molar-refractivity contribution < 1.29 is 4.79 Å². The van der Waals surface area contributed by atoms with E-state index in [9.17, 15) is 4.79 Å². The molecule has 0 aromatic heterocycles. The minimum Gasteiger partial charge on any atom is -0.356 e. The number of hydrogen-bond donors (Lipinski definition) is 2. The Hall–Kier alpha value is -0.220. The Bertz CT molecular complexity index is 248. The van der Waals surface area contributed by atoms with Crippen molar-refractivity contribution in [1.82, 2.24) is 5.32 Å². The van der Waals surface area contributed by atoms with Gasteiger partial charge in [-0.3, -0.25) is 4.79 Å². The molecule has 1 saturated carbocycles. The zero-order valence-electron chi connectivity index (χ0n) is 11.1. The highest BCUT2D eigenvalue weighted by atomic mass is 32.2. The van der Waals surface area contributed by atoms with Crippen molar-refractivity contribution in [3.05, 3.63) is 0 Å². The molecule has 3 nitrogen and oxygen atoms in total. The Morgan fingerprint density at radius 1 is 1.47 bits per heavy atom. The van der Waals surface area contributed by atoms with Crippen molar-refractivity contribution in [1.29, 1.82) is 0 Å². The van der Waals surface area contributed by atoms with Crippen LogP contribution in [0.3, 0.4) is 0 Å². The maximum atomic E-state index is 12.1. The lowest BCUT2D eigenvalue weighted by atomic mass is 9.84. The summed E-state index contributed by atoms with van der Waals surface area (Å²) >= 11 is 1.88. The third-order valence-corrected chi connectivity index (χ3v) is 4.56. The van der Waals surface area contributed by atoms with Gasteiger partial charge in [-0.25, -0.2) is 0 Å². The van der Waals surface area contributed by atoms with Gasteiger partial charge in [0, 0.05) is 12.6 Å². The Balaban J connectivity index is 2.16. The van der Waals surface area contributed by atoms with Gasteiger partial charge in [-0.1, -0.05) is 12.8 Å². The van der Waals surface area contributed by atoms with E-state index >= 15 is 0 Å². The lowest BCUT2D eigenvalue weighted by molar-refractivity contribution is -0.130. The van der Waals surface area contributed by atoms with Gasteiger partial charge < -0.3 is 11.1 Å². The predicted molar refractivity (Wildman–Crippen MR) is 75.2 cm³/mol. The van der Waals surface area contributed by atoms with E-state index in [4.69, 9.17) is 5.73 Å². The van der Waals surface area contributed by atoms with Gasteiger partial charge in [-0.15, -0.1) is 0 Å². The molecule has 0 aliphatic heterocycles. The summed E-state index contributed by atoms with van der Waals surface area (Å²) in [5.41, 5.74) is 5.70. The number of carbonyl (C=O) groups excluding carboxylic acids is 1. The summed E-state index contributed by atoms with van der Waals surface area (Å²) in [7, 11) is 0. The molecular weight excluding hydrogens is 232 g/mol. The minimum absolute atomic E-state index is 0.0407. The number of nitrogens with one attached hydrogen (secondary N) is 1. The van der Waals surface area contributed by atoms with E-state index in [1.54, 1.807) is 0 Å². The molecule has 4 heteroatoms. The van der Waals surface area contributed by atoms with Crippen molar-refractivity contribution in [2.45, 2.75) is 51.5 Å². The van der Waals surface area contributed by atoms with E-state index in [-0.39, 0.29) is 17.4 Å². The second-order valence-corrected chi connectivity index (χ2v) is 6.21. The molecule has 1 amide bonds. The number of hydrogen-bond acceptors (Lipinski definition) is 3. The number of carbonyl (C=O) groups is 1. The Morgan fingerprint density at radius 3 is 2.82 bits per heavy atom. The standard InChI is InChI=1S/C13H26N2OS/c1-13(8-6-7-11(13)14)12(16)15-9-4-3-5-10-17-2/h11H,3-10,14H2,1-2H3,(H,15,16). The third-order valence-electron chi connectivity index (χ3n) is 3.86. The van der Waals surface area contributed by atoms with Crippen LogP contribution in [0.4, 0.5) is 0 Å². The lowest BCUT2D eigenvalue weighted by Gasteiger charge is -2.27. The van der Waals surface area contributed by atoms with E-state index in [2.05, 4.69) is 11.6 Å². The highest BCUT2D eigenvalue weighted by Gasteiger charge is 2.42. The lowest BCUT2D eigenvalue weighted by Crippen LogP contribution is -2.47. The highest BCUT2D eigenvalue weighted by molar-refractivity contribution is 7.98. The van der Waals surface area contributed by atoms with Gasteiger partial charge in [-0.2, -0.15) is 11.8 Å². The molecule has 2 unspecified atom stereocenters. The molecule has 1 rings (SSSR count). The van der Waals surface area contributed by atoms with Crippen LogP contribution in [0.5, 0.6) is 0 Å². The van der Waals surface area contributed by atoms with Crippen LogP contribution < -0.4 is 11.1 Å². The fourth-order valence-electron chi connectivity index (χ4n) is 2.43. The molecule has 0 aromatic carbocycles. The Labute approximate surface area is 109 Å². The first-order valence-electron chi connectivity index (χ1n) is 6.64. The second-order valence-electron chi connectivity index (χ2n) is 5.23. The Morgan fingerprint density at radius 2 is 2.24 bits per heavy atom. The van der Waals surface area contributed by atoms with Crippen LogP contribution in [0.25, 0.3) is 0 Å². The van der Waals surface area contributed by atoms with Crippen LogP contribution in [0.1, 0.15) is 45.4 Å². The normalized spacial score (nSPS) is 28.3. The second kappa shape index (κ2) is 7.27. The highest BCUT2D eigenvalue weighted by Crippen LogP contribution is 2.36. The average Bonchev–Trinajstić information content (AvgIpc) is 2.65. The molecule has 0 heterocycles. The predicted octanol–water partition coefficient (Wildman–Crippen LogP) is 2.15. The first-order valence-corrected chi connectivity index (χ1v) is 8.03. The van der Waals surface area contributed by atoms with Crippen LogP contribution in [0.2, 0.25) is 0 Å². The summed E-state index contributed by atoms with van der Waals surface area (Å²) in [5, 5.41) is 3.05. The topological polar surface area (TPSA) is 55.1 Å². The summed E-state index contributed by atoms with van der Waals surface area (Å²) in [4.78, 5) is 12.1. The molecule has 1 aliphatic carbocycles. The first kappa shape index (κ1) is 14.8. The smallest absolute Gasteiger partial charge is 0.227 e. The summed E-state index contributed by atoms with van der Waals surface area (Å²) in [5.74, 6) is 1.38. The molecular formula is C13H26N2OS. The Kier molecular flexibility index (Phi) is 6.34. The quantitative estimate of drug-likeness (QED) is 0.688. The molecule has 1 aliphatic rings. The molecule has 17 heavy (non-hydrogen) atoms. The van der Waals surface area contributed by atoms with Crippen LogP contribution in [0.15, 0.2) is 0 Å². The maximum absolute atomic E-state index is 12.1. The van der Waals surface area contributed by atoms with Crippen molar-refractivity contribution >= 4 is 17.7 Å². The number of amides is 1. The number of rotatable bonds is 7. The molecule has 1 fully saturated rings. The average molecular weight is 258 g/mol. The fourth-order valence-corrected chi connectivity index (χ4v) is 2.92. The summed E-state index contributed by atoms with van der Waals surface area (Å²) in [6, 6.07) is 0.0407. The van der Waals surface area contributed by atoms with Crippen LogP contribution in [0, 0.1) is 5.41 Å². The van der Waals surface area contributed by atoms with Crippen molar-refractivity contribution in [3.8, 4) is 0 Å². The van der Waals surface area contributed by atoms with Gasteiger partial charge in [0.15, 0.2) is 0 Å². The van der Waals surface area contributed by atoms with E-state index in [1.807, 2.05) is 18.7 Å². The number of nitrogens with two attached hydrogens (primary N) is 1. The van der Waals surface area contributed by atoms with Crippen LogP contribution in [-0.4, -0.2) is 30.5 Å². The van der Waals surface area contributed by atoms with Gasteiger partial charge in [0.2, 0.25) is 5.91 Å². The van der Waals surface area contributed by atoms with E-state index in [0.717, 1.165) is 32.2 Å². The van der Waals surface area contributed by atoms with Gasteiger partial charge in [0.25, 0.3) is 0 Å². The molecule has 100 valence electrons. The molecule has 2 atom stereocenters. The molecule has 0 aromatic rings. The van der Waals surface area contributed by atoms with E-state index in [0.29, 0.717) is 0 Å².